The number of amides is 1. The molecule has 3 rings (SSSR count). The number of hydrogen-bond donors (Lipinski definition) is 1. The molecule has 1 aliphatic heterocycles. The molecule has 2 unspecified atom stereocenters. The summed E-state index contributed by atoms with van der Waals surface area (Å²) in [6.45, 7) is 0.734. The molecule has 0 spiro atoms. The van der Waals surface area contributed by atoms with Crippen molar-refractivity contribution in [2.24, 2.45) is 5.92 Å². The Hall–Kier alpha value is -1.55. The first-order chi connectivity index (χ1) is 8.83. The van der Waals surface area contributed by atoms with Crippen LogP contribution < -0.4 is 10.1 Å². The molecule has 0 radical (unpaired) electrons. The minimum atomic E-state index is -0.387. The molecule has 1 amide bonds. The third-order valence-corrected chi connectivity index (χ3v) is 3.48. The van der Waals surface area contributed by atoms with Gasteiger partial charge in [0.1, 0.15) is 5.75 Å². The van der Waals surface area contributed by atoms with Crippen LogP contribution in [0.15, 0.2) is 30.3 Å². The lowest BCUT2D eigenvalue weighted by molar-refractivity contribution is 0.0807. The molecule has 1 saturated heterocycles. The molecular formula is C14H17NO3. The van der Waals surface area contributed by atoms with Crippen molar-refractivity contribution in [3.05, 3.63) is 30.3 Å². The van der Waals surface area contributed by atoms with Crippen LogP contribution in [-0.2, 0) is 4.74 Å². The van der Waals surface area contributed by atoms with Crippen molar-refractivity contribution < 1.29 is 14.3 Å². The maximum absolute atomic E-state index is 11.8. The van der Waals surface area contributed by atoms with E-state index in [1.54, 1.807) is 12.1 Å². The first-order valence-corrected chi connectivity index (χ1v) is 6.48. The highest BCUT2D eigenvalue weighted by Crippen LogP contribution is 2.38. The summed E-state index contributed by atoms with van der Waals surface area (Å²) in [5, 5.41) is 2.91. The van der Waals surface area contributed by atoms with Crippen LogP contribution >= 0.6 is 0 Å². The van der Waals surface area contributed by atoms with Gasteiger partial charge in [0.2, 0.25) is 0 Å². The molecule has 1 saturated carbocycles. The topological polar surface area (TPSA) is 47.6 Å². The summed E-state index contributed by atoms with van der Waals surface area (Å²) in [6, 6.07) is 9.21. The van der Waals surface area contributed by atoms with Crippen molar-refractivity contribution in [1.82, 2.24) is 5.32 Å². The van der Waals surface area contributed by atoms with Gasteiger partial charge in [0.15, 0.2) is 0 Å². The SMILES string of the molecule is O=C(NC1CCOC1C1CC1)Oc1ccccc1. The summed E-state index contributed by atoms with van der Waals surface area (Å²) in [5.74, 6) is 1.20. The number of carbonyl (C=O) groups excluding carboxylic acids is 1. The highest BCUT2D eigenvalue weighted by atomic mass is 16.6. The molecule has 0 bridgehead atoms. The third-order valence-electron chi connectivity index (χ3n) is 3.48. The van der Waals surface area contributed by atoms with Crippen molar-refractivity contribution in [2.45, 2.75) is 31.4 Å². The van der Waals surface area contributed by atoms with Gasteiger partial charge in [-0.25, -0.2) is 4.79 Å². The van der Waals surface area contributed by atoms with Crippen LogP contribution in [-0.4, -0.2) is 24.8 Å². The van der Waals surface area contributed by atoms with Crippen molar-refractivity contribution in [3.8, 4) is 5.75 Å². The maximum atomic E-state index is 11.8. The van der Waals surface area contributed by atoms with Crippen molar-refractivity contribution in [3.63, 3.8) is 0 Å². The Morgan fingerprint density at radius 2 is 2.00 bits per heavy atom. The Morgan fingerprint density at radius 3 is 2.72 bits per heavy atom. The fraction of sp³-hybridized carbons (Fsp3) is 0.500. The molecule has 18 heavy (non-hydrogen) atoms. The average molecular weight is 247 g/mol. The van der Waals surface area contributed by atoms with Gasteiger partial charge in [-0.3, -0.25) is 0 Å². The third kappa shape index (κ3) is 2.64. The highest BCUT2D eigenvalue weighted by molar-refractivity contribution is 5.70. The van der Waals surface area contributed by atoms with E-state index in [4.69, 9.17) is 9.47 Å². The van der Waals surface area contributed by atoms with Crippen LogP contribution in [0.5, 0.6) is 5.75 Å². The Labute approximate surface area is 106 Å². The van der Waals surface area contributed by atoms with Gasteiger partial charge in [0.25, 0.3) is 0 Å². The average Bonchev–Trinajstić information content (AvgIpc) is 3.12. The lowest BCUT2D eigenvalue weighted by Crippen LogP contribution is -2.42. The molecule has 1 aromatic carbocycles. The highest BCUT2D eigenvalue weighted by Gasteiger charge is 2.41. The molecule has 1 aliphatic carbocycles. The van der Waals surface area contributed by atoms with E-state index in [2.05, 4.69) is 5.32 Å². The van der Waals surface area contributed by atoms with Gasteiger partial charge in [-0.1, -0.05) is 18.2 Å². The summed E-state index contributed by atoms with van der Waals surface area (Å²) >= 11 is 0. The zero-order valence-electron chi connectivity index (χ0n) is 10.2. The summed E-state index contributed by atoms with van der Waals surface area (Å²) in [6.07, 6.45) is 3.12. The smallest absolute Gasteiger partial charge is 0.410 e. The van der Waals surface area contributed by atoms with Gasteiger partial charge >= 0.3 is 6.09 Å². The van der Waals surface area contributed by atoms with E-state index in [0.29, 0.717) is 11.7 Å². The van der Waals surface area contributed by atoms with Gasteiger partial charge in [0, 0.05) is 6.61 Å². The Balaban J connectivity index is 1.54. The molecule has 2 fully saturated rings. The lowest BCUT2D eigenvalue weighted by atomic mass is 10.1. The van der Waals surface area contributed by atoms with E-state index < -0.39 is 0 Å². The van der Waals surface area contributed by atoms with E-state index in [0.717, 1.165) is 13.0 Å². The molecule has 2 aliphatic rings. The van der Waals surface area contributed by atoms with Gasteiger partial charge in [0.05, 0.1) is 12.1 Å². The van der Waals surface area contributed by atoms with E-state index in [9.17, 15) is 4.79 Å². The van der Waals surface area contributed by atoms with Gasteiger partial charge in [-0.15, -0.1) is 0 Å². The predicted octanol–water partition coefficient (Wildman–Crippen LogP) is 2.34. The molecule has 4 nitrogen and oxygen atoms in total. The van der Waals surface area contributed by atoms with E-state index >= 15 is 0 Å². The van der Waals surface area contributed by atoms with Crippen molar-refractivity contribution >= 4 is 6.09 Å². The van der Waals surface area contributed by atoms with Crippen molar-refractivity contribution in [1.29, 1.82) is 0 Å². The molecule has 4 heteroatoms. The molecular weight excluding hydrogens is 230 g/mol. The number of hydrogen-bond acceptors (Lipinski definition) is 3. The number of nitrogens with one attached hydrogen (secondary N) is 1. The summed E-state index contributed by atoms with van der Waals surface area (Å²) in [7, 11) is 0. The fourth-order valence-electron chi connectivity index (χ4n) is 2.43. The van der Waals surface area contributed by atoms with Gasteiger partial charge < -0.3 is 14.8 Å². The minimum absolute atomic E-state index is 0.105. The summed E-state index contributed by atoms with van der Waals surface area (Å²) in [5.41, 5.74) is 0. The maximum Gasteiger partial charge on any atom is 0.412 e. The number of benzene rings is 1. The number of carbonyl (C=O) groups is 1. The van der Waals surface area contributed by atoms with Gasteiger partial charge in [-0.2, -0.15) is 0 Å². The molecule has 96 valence electrons. The second-order valence-electron chi connectivity index (χ2n) is 4.91. The van der Waals surface area contributed by atoms with Gasteiger partial charge in [-0.05, 0) is 37.3 Å². The summed E-state index contributed by atoms with van der Waals surface area (Å²) in [4.78, 5) is 11.8. The molecule has 1 aromatic rings. The van der Waals surface area contributed by atoms with E-state index in [-0.39, 0.29) is 18.2 Å². The van der Waals surface area contributed by atoms with Crippen LogP contribution in [0.1, 0.15) is 19.3 Å². The second kappa shape index (κ2) is 4.98. The van der Waals surface area contributed by atoms with Crippen LogP contribution in [0.25, 0.3) is 0 Å². The Morgan fingerprint density at radius 1 is 1.22 bits per heavy atom. The quantitative estimate of drug-likeness (QED) is 0.891. The van der Waals surface area contributed by atoms with Crippen molar-refractivity contribution in [2.75, 3.05) is 6.61 Å². The zero-order valence-corrected chi connectivity index (χ0v) is 10.2. The van der Waals surface area contributed by atoms with E-state index in [1.807, 2.05) is 18.2 Å². The van der Waals surface area contributed by atoms with Crippen LogP contribution in [0.2, 0.25) is 0 Å². The Kier molecular flexibility index (Phi) is 3.19. The molecule has 1 heterocycles. The van der Waals surface area contributed by atoms with Crippen LogP contribution in [0, 0.1) is 5.92 Å². The van der Waals surface area contributed by atoms with Crippen LogP contribution in [0.3, 0.4) is 0 Å². The molecule has 0 aromatic heterocycles. The monoisotopic (exact) mass is 247 g/mol. The lowest BCUT2D eigenvalue weighted by Gasteiger charge is -2.19. The molecule has 2 atom stereocenters. The Bertz CT molecular complexity index is 416. The molecule has 1 N–H and O–H groups in total. The fourth-order valence-corrected chi connectivity index (χ4v) is 2.43. The van der Waals surface area contributed by atoms with E-state index in [1.165, 1.54) is 12.8 Å². The van der Waals surface area contributed by atoms with Crippen LogP contribution in [0.4, 0.5) is 4.79 Å². The minimum Gasteiger partial charge on any atom is -0.410 e. The largest absolute Gasteiger partial charge is 0.412 e. The summed E-state index contributed by atoms with van der Waals surface area (Å²) < 4.78 is 10.9. The predicted molar refractivity (Wildman–Crippen MR) is 66.5 cm³/mol. The normalized spacial score (nSPS) is 26.9. The number of ether oxygens (including phenoxy) is 2. The second-order valence-corrected chi connectivity index (χ2v) is 4.91. The number of para-hydroxylation sites is 1. The zero-order chi connectivity index (χ0) is 12.4. The first kappa shape index (κ1) is 11.5. The number of rotatable bonds is 3. The first-order valence-electron chi connectivity index (χ1n) is 6.48. The standard InChI is InChI=1S/C14H17NO3/c16-14(18-11-4-2-1-3-5-11)15-12-8-9-17-13(12)10-6-7-10/h1-5,10,12-13H,6-9H2,(H,15,16).